The molecule has 0 heterocycles. The van der Waals surface area contributed by atoms with E-state index in [0.29, 0.717) is 13.1 Å². The van der Waals surface area contributed by atoms with Crippen LogP contribution in [0.1, 0.15) is 32.4 Å². The van der Waals surface area contributed by atoms with Gasteiger partial charge in [0, 0.05) is 19.1 Å². The molecule has 2 atom stereocenters. The highest BCUT2D eigenvalue weighted by Crippen LogP contribution is 2.12. The van der Waals surface area contributed by atoms with Gasteiger partial charge in [-0.1, -0.05) is 26.0 Å². The number of hydrogen-bond acceptors (Lipinski definition) is 3. The van der Waals surface area contributed by atoms with E-state index in [1.807, 2.05) is 6.92 Å². The van der Waals surface area contributed by atoms with E-state index in [4.69, 9.17) is 0 Å². The minimum Gasteiger partial charge on any atom is -0.390 e. The summed E-state index contributed by atoms with van der Waals surface area (Å²) in [6.07, 6.45) is -0.386. The number of hydrogen-bond donors (Lipinski definition) is 2. The molecule has 0 bridgehead atoms. The van der Waals surface area contributed by atoms with Crippen LogP contribution in [0.3, 0.4) is 0 Å². The van der Waals surface area contributed by atoms with Gasteiger partial charge in [-0.2, -0.15) is 0 Å². The maximum atomic E-state index is 12.8. The standard InChI is InChI=1S/C15H25FN2O/c1-4-18(5-2)11-15(19)10-17-12(3)13-6-8-14(16)9-7-13/h6-9,12,15,17,19H,4-5,10-11H2,1-3H3/t12-,15?/m0/s1. The molecule has 1 rings (SSSR count). The SMILES string of the molecule is CCN(CC)CC(O)CN[C@@H](C)c1ccc(F)cc1. The number of halogens is 1. The van der Waals surface area contributed by atoms with E-state index in [9.17, 15) is 9.50 Å². The van der Waals surface area contributed by atoms with Crippen molar-refractivity contribution in [1.82, 2.24) is 10.2 Å². The summed E-state index contributed by atoms with van der Waals surface area (Å²) in [5.41, 5.74) is 1.02. The van der Waals surface area contributed by atoms with Crippen molar-refractivity contribution in [2.45, 2.75) is 32.9 Å². The van der Waals surface area contributed by atoms with Gasteiger partial charge >= 0.3 is 0 Å². The van der Waals surface area contributed by atoms with Crippen molar-refractivity contribution in [2.75, 3.05) is 26.2 Å². The smallest absolute Gasteiger partial charge is 0.123 e. The quantitative estimate of drug-likeness (QED) is 0.758. The Labute approximate surface area is 115 Å². The van der Waals surface area contributed by atoms with Crippen LogP contribution in [0.15, 0.2) is 24.3 Å². The van der Waals surface area contributed by atoms with Crippen LogP contribution in [0.5, 0.6) is 0 Å². The Kier molecular flexibility index (Phi) is 6.99. The van der Waals surface area contributed by atoms with Crippen molar-refractivity contribution in [3.8, 4) is 0 Å². The van der Waals surface area contributed by atoms with Crippen molar-refractivity contribution in [3.05, 3.63) is 35.6 Å². The van der Waals surface area contributed by atoms with Gasteiger partial charge in [-0.15, -0.1) is 0 Å². The average Bonchev–Trinajstić information content (AvgIpc) is 2.43. The third-order valence-corrected chi connectivity index (χ3v) is 3.39. The number of aliphatic hydroxyl groups is 1. The first-order chi connectivity index (χ1) is 9.06. The lowest BCUT2D eigenvalue weighted by Crippen LogP contribution is -2.38. The first-order valence-corrected chi connectivity index (χ1v) is 6.96. The Morgan fingerprint density at radius 3 is 2.32 bits per heavy atom. The topological polar surface area (TPSA) is 35.5 Å². The highest BCUT2D eigenvalue weighted by Gasteiger charge is 2.11. The van der Waals surface area contributed by atoms with Gasteiger partial charge in [0.1, 0.15) is 5.82 Å². The molecule has 0 radical (unpaired) electrons. The molecule has 1 aromatic rings. The lowest BCUT2D eigenvalue weighted by molar-refractivity contribution is 0.114. The molecule has 1 unspecified atom stereocenters. The summed E-state index contributed by atoms with van der Waals surface area (Å²) in [6.45, 7) is 9.29. The van der Waals surface area contributed by atoms with Gasteiger partial charge in [-0.3, -0.25) is 0 Å². The van der Waals surface area contributed by atoms with E-state index >= 15 is 0 Å². The molecule has 1 aromatic carbocycles. The van der Waals surface area contributed by atoms with E-state index in [1.54, 1.807) is 12.1 Å². The van der Waals surface area contributed by atoms with E-state index in [0.717, 1.165) is 18.7 Å². The van der Waals surface area contributed by atoms with Crippen LogP contribution in [-0.4, -0.2) is 42.3 Å². The molecule has 0 amide bonds. The van der Waals surface area contributed by atoms with Gasteiger partial charge in [0.05, 0.1) is 6.10 Å². The molecule has 3 nitrogen and oxygen atoms in total. The summed E-state index contributed by atoms with van der Waals surface area (Å²) in [5.74, 6) is -0.225. The zero-order chi connectivity index (χ0) is 14.3. The van der Waals surface area contributed by atoms with Crippen molar-refractivity contribution in [3.63, 3.8) is 0 Å². The second-order valence-corrected chi connectivity index (χ2v) is 4.82. The Bertz CT molecular complexity index is 352. The van der Waals surface area contributed by atoms with Crippen LogP contribution < -0.4 is 5.32 Å². The normalized spacial score (nSPS) is 14.6. The Morgan fingerprint density at radius 2 is 1.79 bits per heavy atom. The van der Waals surface area contributed by atoms with Crippen LogP contribution >= 0.6 is 0 Å². The largest absolute Gasteiger partial charge is 0.390 e. The lowest BCUT2D eigenvalue weighted by atomic mass is 10.1. The zero-order valence-corrected chi connectivity index (χ0v) is 12.1. The number of nitrogens with one attached hydrogen (secondary N) is 1. The van der Waals surface area contributed by atoms with Gasteiger partial charge in [0.25, 0.3) is 0 Å². The van der Waals surface area contributed by atoms with Gasteiger partial charge in [-0.05, 0) is 37.7 Å². The molecule has 0 aliphatic heterocycles. The molecule has 108 valence electrons. The summed E-state index contributed by atoms with van der Waals surface area (Å²) < 4.78 is 12.8. The highest BCUT2D eigenvalue weighted by molar-refractivity contribution is 5.19. The molecule has 19 heavy (non-hydrogen) atoms. The number of nitrogens with zero attached hydrogens (tertiary/aromatic N) is 1. The molecule has 2 N–H and O–H groups in total. The Morgan fingerprint density at radius 1 is 1.21 bits per heavy atom. The molecular weight excluding hydrogens is 243 g/mol. The van der Waals surface area contributed by atoms with Crippen LogP contribution in [0, 0.1) is 5.82 Å². The summed E-state index contributed by atoms with van der Waals surface area (Å²) in [4.78, 5) is 2.19. The minimum atomic E-state index is -0.386. The highest BCUT2D eigenvalue weighted by atomic mass is 19.1. The summed E-state index contributed by atoms with van der Waals surface area (Å²) in [7, 11) is 0. The number of aliphatic hydroxyl groups excluding tert-OH is 1. The molecule has 0 fully saturated rings. The second-order valence-electron chi connectivity index (χ2n) is 4.82. The molecule has 0 aliphatic carbocycles. The molecule has 0 aromatic heterocycles. The first-order valence-electron chi connectivity index (χ1n) is 6.96. The maximum Gasteiger partial charge on any atom is 0.123 e. The average molecular weight is 268 g/mol. The first kappa shape index (κ1) is 16.1. The zero-order valence-electron chi connectivity index (χ0n) is 12.1. The molecule has 0 aliphatic rings. The fraction of sp³-hybridized carbons (Fsp3) is 0.600. The molecular formula is C15H25FN2O. The van der Waals surface area contributed by atoms with Gasteiger partial charge in [0.2, 0.25) is 0 Å². The Balaban J connectivity index is 2.37. The van der Waals surface area contributed by atoms with Crippen molar-refractivity contribution in [1.29, 1.82) is 0 Å². The van der Waals surface area contributed by atoms with Gasteiger partial charge < -0.3 is 15.3 Å². The Hall–Kier alpha value is -0.970. The fourth-order valence-corrected chi connectivity index (χ4v) is 2.03. The monoisotopic (exact) mass is 268 g/mol. The van der Waals surface area contributed by atoms with Crippen LogP contribution in [0.25, 0.3) is 0 Å². The molecule has 4 heteroatoms. The fourth-order valence-electron chi connectivity index (χ4n) is 2.03. The number of rotatable bonds is 8. The van der Waals surface area contributed by atoms with Gasteiger partial charge in [0.15, 0.2) is 0 Å². The maximum absolute atomic E-state index is 12.8. The van der Waals surface area contributed by atoms with Crippen LogP contribution in [-0.2, 0) is 0 Å². The number of benzene rings is 1. The van der Waals surface area contributed by atoms with Crippen molar-refractivity contribution < 1.29 is 9.50 Å². The summed E-state index contributed by atoms with van der Waals surface area (Å²) in [6, 6.07) is 6.56. The summed E-state index contributed by atoms with van der Waals surface area (Å²) >= 11 is 0. The summed E-state index contributed by atoms with van der Waals surface area (Å²) in [5, 5.41) is 13.2. The molecule has 0 saturated heterocycles. The van der Waals surface area contributed by atoms with Crippen molar-refractivity contribution in [2.24, 2.45) is 0 Å². The van der Waals surface area contributed by atoms with E-state index < -0.39 is 0 Å². The van der Waals surface area contributed by atoms with E-state index in [2.05, 4.69) is 24.1 Å². The van der Waals surface area contributed by atoms with Crippen LogP contribution in [0.2, 0.25) is 0 Å². The number of likely N-dealkylation sites (N-methyl/N-ethyl adjacent to an activating group) is 1. The predicted octanol–water partition coefficient (Wildman–Crippen LogP) is 2.18. The lowest BCUT2D eigenvalue weighted by Gasteiger charge is -2.23. The van der Waals surface area contributed by atoms with E-state index in [1.165, 1.54) is 12.1 Å². The van der Waals surface area contributed by atoms with Crippen molar-refractivity contribution >= 4 is 0 Å². The minimum absolute atomic E-state index is 0.104. The van der Waals surface area contributed by atoms with E-state index in [-0.39, 0.29) is 18.0 Å². The molecule has 0 saturated carbocycles. The van der Waals surface area contributed by atoms with Crippen LogP contribution in [0.4, 0.5) is 4.39 Å². The third kappa shape index (κ3) is 5.68. The molecule has 0 spiro atoms. The third-order valence-electron chi connectivity index (χ3n) is 3.39. The van der Waals surface area contributed by atoms with Gasteiger partial charge in [-0.25, -0.2) is 4.39 Å². The predicted molar refractivity (Wildman–Crippen MR) is 76.6 cm³/mol. The second kappa shape index (κ2) is 8.25.